The number of anilines is 3. The third-order valence-electron chi connectivity index (χ3n) is 3.80. The zero-order valence-electron chi connectivity index (χ0n) is 14.7. The Morgan fingerprint density at radius 1 is 0.731 bits per heavy atom. The zero-order valence-corrected chi connectivity index (χ0v) is 14.7. The highest BCUT2D eigenvalue weighted by molar-refractivity contribution is 6.05. The first kappa shape index (κ1) is 17.4. The number of carbonyl (C=O) groups is 1. The van der Waals surface area contributed by atoms with Crippen LogP contribution in [0.15, 0.2) is 72.8 Å². The average molecular weight is 348 g/mol. The summed E-state index contributed by atoms with van der Waals surface area (Å²) in [5.74, 6) is 0.891. The van der Waals surface area contributed by atoms with Gasteiger partial charge in [0.05, 0.1) is 14.2 Å². The van der Waals surface area contributed by atoms with Gasteiger partial charge < -0.3 is 20.1 Å². The van der Waals surface area contributed by atoms with Crippen molar-refractivity contribution in [2.75, 3.05) is 24.9 Å². The number of hydrogen-bond acceptors (Lipinski definition) is 4. The second kappa shape index (κ2) is 8.07. The molecule has 1 amide bonds. The van der Waals surface area contributed by atoms with Gasteiger partial charge >= 0.3 is 0 Å². The summed E-state index contributed by atoms with van der Waals surface area (Å²) >= 11 is 0. The van der Waals surface area contributed by atoms with E-state index < -0.39 is 0 Å². The van der Waals surface area contributed by atoms with E-state index in [9.17, 15) is 4.79 Å². The van der Waals surface area contributed by atoms with E-state index in [1.807, 2.05) is 54.6 Å². The number of carbonyl (C=O) groups excluding carboxylic acids is 1. The zero-order chi connectivity index (χ0) is 18.4. The number of benzene rings is 3. The SMILES string of the molecule is COc1cc(OC)cc(C(=O)Nc2cccc(Nc3ccccc3)c2)c1. The van der Waals surface area contributed by atoms with Crippen molar-refractivity contribution in [3.05, 3.63) is 78.4 Å². The van der Waals surface area contributed by atoms with Crippen molar-refractivity contribution in [3.63, 3.8) is 0 Å². The Morgan fingerprint density at radius 3 is 2.00 bits per heavy atom. The summed E-state index contributed by atoms with van der Waals surface area (Å²) in [7, 11) is 3.10. The van der Waals surface area contributed by atoms with Gasteiger partial charge in [0.25, 0.3) is 5.91 Å². The minimum absolute atomic E-state index is 0.237. The molecule has 5 nitrogen and oxygen atoms in total. The Hall–Kier alpha value is -3.47. The molecule has 3 aromatic rings. The number of para-hydroxylation sites is 1. The molecule has 3 aromatic carbocycles. The summed E-state index contributed by atoms with van der Waals surface area (Å²) in [5, 5.41) is 6.20. The van der Waals surface area contributed by atoms with E-state index >= 15 is 0 Å². The fourth-order valence-electron chi connectivity index (χ4n) is 2.50. The maximum absolute atomic E-state index is 12.6. The minimum Gasteiger partial charge on any atom is -0.497 e. The van der Waals surface area contributed by atoms with Gasteiger partial charge in [-0.15, -0.1) is 0 Å². The van der Waals surface area contributed by atoms with Gasteiger partial charge in [-0.2, -0.15) is 0 Å². The molecule has 0 saturated heterocycles. The number of hydrogen-bond donors (Lipinski definition) is 2. The number of amides is 1. The van der Waals surface area contributed by atoms with Gasteiger partial charge in [-0.3, -0.25) is 4.79 Å². The number of ether oxygens (including phenoxy) is 2. The molecule has 0 saturated carbocycles. The van der Waals surface area contributed by atoms with Gasteiger partial charge in [-0.25, -0.2) is 0 Å². The van der Waals surface area contributed by atoms with Crippen LogP contribution in [0.3, 0.4) is 0 Å². The van der Waals surface area contributed by atoms with E-state index in [1.165, 1.54) is 0 Å². The fraction of sp³-hybridized carbons (Fsp3) is 0.0952. The predicted octanol–water partition coefficient (Wildman–Crippen LogP) is 4.70. The highest BCUT2D eigenvalue weighted by Crippen LogP contribution is 2.24. The molecule has 0 aliphatic carbocycles. The topological polar surface area (TPSA) is 59.6 Å². The Kier molecular flexibility index (Phi) is 5.39. The molecular weight excluding hydrogens is 328 g/mol. The number of rotatable bonds is 6. The Labute approximate surface area is 152 Å². The van der Waals surface area contributed by atoms with Crippen molar-refractivity contribution < 1.29 is 14.3 Å². The van der Waals surface area contributed by atoms with Crippen LogP contribution < -0.4 is 20.1 Å². The normalized spacial score (nSPS) is 10.1. The second-order valence-corrected chi connectivity index (χ2v) is 5.63. The molecule has 0 unspecified atom stereocenters. The van der Waals surface area contributed by atoms with Crippen LogP contribution in [0.4, 0.5) is 17.1 Å². The minimum atomic E-state index is -0.237. The molecule has 0 heterocycles. The van der Waals surface area contributed by atoms with Crippen LogP contribution in [-0.4, -0.2) is 20.1 Å². The summed E-state index contributed by atoms with van der Waals surface area (Å²) in [6.45, 7) is 0. The average Bonchev–Trinajstić information content (AvgIpc) is 2.68. The van der Waals surface area contributed by atoms with E-state index in [4.69, 9.17) is 9.47 Å². The maximum atomic E-state index is 12.6. The van der Waals surface area contributed by atoms with Crippen LogP contribution in [0, 0.1) is 0 Å². The molecular formula is C21H20N2O3. The summed E-state index contributed by atoms with van der Waals surface area (Å²) in [5.41, 5.74) is 3.02. The lowest BCUT2D eigenvalue weighted by Crippen LogP contribution is -2.12. The van der Waals surface area contributed by atoms with Gasteiger partial charge in [-0.05, 0) is 42.5 Å². The van der Waals surface area contributed by atoms with Crippen molar-refractivity contribution >= 4 is 23.0 Å². The van der Waals surface area contributed by atoms with Gasteiger partial charge in [0, 0.05) is 28.7 Å². The van der Waals surface area contributed by atoms with E-state index in [0.29, 0.717) is 22.7 Å². The molecule has 132 valence electrons. The van der Waals surface area contributed by atoms with Crippen molar-refractivity contribution in [3.8, 4) is 11.5 Å². The molecule has 2 N–H and O–H groups in total. The Balaban J connectivity index is 1.76. The van der Waals surface area contributed by atoms with Crippen molar-refractivity contribution in [2.24, 2.45) is 0 Å². The molecule has 0 fully saturated rings. The number of methoxy groups -OCH3 is 2. The molecule has 0 bridgehead atoms. The van der Waals surface area contributed by atoms with E-state index in [1.54, 1.807) is 32.4 Å². The maximum Gasteiger partial charge on any atom is 0.255 e. The Bertz CT molecular complexity index is 873. The highest BCUT2D eigenvalue weighted by Gasteiger charge is 2.10. The molecule has 0 spiro atoms. The molecule has 0 radical (unpaired) electrons. The lowest BCUT2D eigenvalue weighted by molar-refractivity contribution is 0.102. The van der Waals surface area contributed by atoms with E-state index in [-0.39, 0.29) is 5.91 Å². The number of nitrogens with one attached hydrogen (secondary N) is 2. The van der Waals surface area contributed by atoms with Gasteiger partial charge in [0.1, 0.15) is 11.5 Å². The second-order valence-electron chi connectivity index (χ2n) is 5.63. The van der Waals surface area contributed by atoms with E-state index in [0.717, 1.165) is 11.4 Å². The predicted molar refractivity (Wildman–Crippen MR) is 104 cm³/mol. The molecule has 3 rings (SSSR count). The molecule has 0 aliphatic rings. The first-order valence-corrected chi connectivity index (χ1v) is 8.14. The van der Waals surface area contributed by atoms with Crippen LogP contribution in [0.1, 0.15) is 10.4 Å². The van der Waals surface area contributed by atoms with Crippen molar-refractivity contribution in [2.45, 2.75) is 0 Å². The largest absolute Gasteiger partial charge is 0.497 e. The van der Waals surface area contributed by atoms with Crippen LogP contribution in [0.25, 0.3) is 0 Å². The Morgan fingerprint density at radius 2 is 1.35 bits per heavy atom. The summed E-state index contributed by atoms with van der Waals surface area (Å²) < 4.78 is 10.4. The quantitative estimate of drug-likeness (QED) is 0.678. The third-order valence-corrected chi connectivity index (χ3v) is 3.80. The molecule has 5 heteroatoms. The third kappa shape index (κ3) is 4.33. The molecule has 26 heavy (non-hydrogen) atoms. The first-order valence-electron chi connectivity index (χ1n) is 8.14. The van der Waals surface area contributed by atoms with Gasteiger partial charge in [-0.1, -0.05) is 24.3 Å². The summed E-state index contributed by atoms with van der Waals surface area (Å²) in [6.07, 6.45) is 0. The fourth-order valence-corrected chi connectivity index (χ4v) is 2.50. The summed E-state index contributed by atoms with van der Waals surface area (Å²) in [4.78, 5) is 12.6. The lowest BCUT2D eigenvalue weighted by Gasteiger charge is -2.11. The smallest absolute Gasteiger partial charge is 0.255 e. The molecule has 0 aromatic heterocycles. The molecule has 0 atom stereocenters. The van der Waals surface area contributed by atoms with Gasteiger partial charge in [0.2, 0.25) is 0 Å². The summed E-state index contributed by atoms with van der Waals surface area (Å²) in [6, 6.07) is 22.5. The van der Waals surface area contributed by atoms with E-state index in [2.05, 4.69) is 10.6 Å². The molecule has 0 aliphatic heterocycles. The standard InChI is InChI=1S/C21H20N2O3/c1-25-19-11-15(12-20(14-19)26-2)21(24)23-18-10-6-9-17(13-18)22-16-7-4-3-5-8-16/h3-14,22H,1-2H3,(H,23,24). The van der Waals surface area contributed by atoms with Crippen LogP contribution in [0.2, 0.25) is 0 Å². The lowest BCUT2D eigenvalue weighted by atomic mass is 10.1. The first-order chi connectivity index (χ1) is 12.7. The van der Waals surface area contributed by atoms with Crippen molar-refractivity contribution in [1.82, 2.24) is 0 Å². The monoisotopic (exact) mass is 348 g/mol. The van der Waals surface area contributed by atoms with Crippen molar-refractivity contribution in [1.29, 1.82) is 0 Å². The van der Waals surface area contributed by atoms with Crippen LogP contribution >= 0.6 is 0 Å². The van der Waals surface area contributed by atoms with Crippen LogP contribution in [-0.2, 0) is 0 Å². The van der Waals surface area contributed by atoms with Gasteiger partial charge in [0.15, 0.2) is 0 Å². The highest BCUT2D eigenvalue weighted by atomic mass is 16.5. The van der Waals surface area contributed by atoms with Crippen LogP contribution in [0.5, 0.6) is 11.5 Å².